The van der Waals surface area contributed by atoms with Crippen molar-refractivity contribution in [3.05, 3.63) is 54.0 Å². The molecule has 0 radical (unpaired) electrons. The Morgan fingerprint density at radius 2 is 1.90 bits per heavy atom. The van der Waals surface area contributed by atoms with E-state index >= 15 is 0 Å². The summed E-state index contributed by atoms with van der Waals surface area (Å²) in [6.07, 6.45) is 4.29. The Bertz CT molecular complexity index is 497. The summed E-state index contributed by atoms with van der Waals surface area (Å²) in [5, 5.41) is 3.40. The van der Waals surface area contributed by atoms with E-state index < -0.39 is 6.61 Å². The Labute approximate surface area is 116 Å². The third kappa shape index (κ3) is 3.81. The minimum atomic E-state index is -2.80. The molecule has 0 saturated heterocycles. The van der Waals surface area contributed by atoms with Gasteiger partial charge in [0.1, 0.15) is 5.75 Å². The van der Waals surface area contributed by atoms with Crippen molar-refractivity contribution in [1.82, 2.24) is 5.32 Å². The molecular weight excluding hydrogens is 264 g/mol. The summed E-state index contributed by atoms with van der Waals surface area (Å²) in [6, 6.07) is 8.51. The second-order valence-corrected chi connectivity index (χ2v) is 4.39. The molecule has 1 atom stereocenters. The first-order valence-corrected chi connectivity index (χ1v) is 6.51. The van der Waals surface area contributed by atoms with Crippen LogP contribution < -0.4 is 10.1 Å². The first kappa shape index (κ1) is 14.5. The minimum Gasteiger partial charge on any atom is -0.472 e. The quantitative estimate of drug-likeness (QED) is 0.834. The molecule has 20 heavy (non-hydrogen) atoms. The fourth-order valence-electron chi connectivity index (χ4n) is 2.00. The highest BCUT2D eigenvalue weighted by atomic mass is 19.3. The summed E-state index contributed by atoms with van der Waals surface area (Å²) in [5.74, 6) is 0.158. The third-order valence-electron chi connectivity index (χ3n) is 2.91. The van der Waals surface area contributed by atoms with Crippen LogP contribution in [0.15, 0.2) is 47.3 Å². The van der Waals surface area contributed by atoms with E-state index in [1.165, 1.54) is 0 Å². The van der Waals surface area contributed by atoms with Crippen LogP contribution in [0.1, 0.15) is 30.5 Å². The number of benzene rings is 1. The maximum Gasteiger partial charge on any atom is 0.387 e. The highest BCUT2D eigenvalue weighted by Crippen LogP contribution is 2.25. The fraction of sp³-hybridized carbons (Fsp3) is 0.333. The zero-order valence-corrected chi connectivity index (χ0v) is 11.2. The molecule has 0 bridgehead atoms. The van der Waals surface area contributed by atoms with Crippen LogP contribution in [-0.2, 0) is 0 Å². The number of halogens is 2. The molecule has 0 spiro atoms. The predicted molar refractivity (Wildman–Crippen MR) is 71.9 cm³/mol. The third-order valence-corrected chi connectivity index (χ3v) is 2.91. The summed E-state index contributed by atoms with van der Waals surface area (Å²) in [6.45, 7) is 0.133. The van der Waals surface area contributed by atoms with E-state index in [2.05, 4.69) is 17.0 Å². The van der Waals surface area contributed by atoms with E-state index in [1.54, 1.807) is 36.8 Å². The molecule has 0 aliphatic heterocycles. The molecule has 1 aromatic heterocycles. The van der Waals surface area contributed by atoms with Crippen molar-refractivity contribution in [3.63, 3.8) is 0 Å². The van der Waals surface area contributed by atoms with E-state index in [1.807, 2.05) is 6.07 Å². The van der Waals surface area contributed by atoms with Crippen molar-refractivity contribution in [1.29, 1.82) is 0 Å². The van der Waals surface area contributed by atoms with Crippen LogP contribution in [0.5, 0.6) is 5.75 Å². The molecule has 2 aromatic rings. The average molecular weight is 281 g/mol. The van der Waals surface area contributed by atoms with Gasteiger partial charge in [0.05, 0.1) is 18.6 Å². The molecule has 1 unspecified atom stereocenters. The smallest absolute Gasteiger partial charge is 0.387 e. The Morgan fingerprint density at radius 1 is 1.15 bits per heavy atom. The molecule has 0 saturated carbocycles. The number of hydrogen-bond acceptors (Lipinski definition) is 3. The largest absolute Gasteiger partial charge is 0.472 e. The van der Waals surface area contributed by atoms with Crippen LogP contribution in [-0.4, -0.2) is 13.2 Å². The van der Waals surface area contributed by atoms with E-state index in [-0.39, 0.29) is 11.8 Å². The highest BCUT2D eigenvalue weighted by Gasteiger charge is 2.14. The van der Waals surface area contributed by atoms with Gasteiger partial charge in [-0.25, -0.2) is 0 Å². The van der Waals surface area contributed by atoms with E-state index in [9.17, 15) is 8.78 Å². The first-order chi connectivity index (χ1) is 9.70. The van der Waals surface area contributed by atoms with Gasteiger partial charge in [-0.2, -0.15) is 8.78 Å². The zero-order valence-electron chi connectivity index (χ0n) is 11.2. The monoisotopic (exact) mass is 281 g/mol. The Morgan fingerprint density at radius 3 is 2.45 bits per heavy atom. The van der Waals surface area contributed by atoms with Crippen molar-refractivity contribution < 1.29 is 17.9 Å². The average Bonchev–Trinajstić information content (AvgIpc) is 2.94. The maximum absolute atomic E-state index is 12.1. The fourth-order valence-corrected chi connectivity index (χ4v) is 2.00. The van der Waals surface area contributed by atoms with Gasteiger partial charge in [0.25, 0.3) is 0 Å². The number of hydrogen-bond donors (Lipinski definition) is 1. The standard InChI is InChI=1S/C15H17F2NO2/c1-2-8-18-14(12-7-9-19-10-12)11-3-5-13(6-4-11)20-15(16)17/h3-7,9-10,14-15,18H,2,8H2,1H3. The first-order valence-electron chi connectivity index (χ1n) is 6.51. The molecule has 2 rings (SSSR count). The number of furan rings is 1. The lowest BCUT2D eigenvalue weighted by Crippen LogP contribution is -2.22. The molecule has 0 fully saturated rings. The number of nitrogens with one attached hydrogen (secondary N) is 1. The van der Waals surface area contributed by atoms with E-state index in [4.69, 9.17) is 4.42 Å². The van der Waals surface area contributed by atoms with Crippen LogP contribution in [0.25, 0.3) is 0 Å². The highest BCUT2D eigenvalue weighted by molar-refractivity contribution is 5.34. The van der Waals surface area contributed by atoms with Gasteiger partial charge in [-0.1, -0.05) is 19.1 Å². The predicted octanol–water partition coefficient (Wildman–Crippen LogP) is 3.97. The Hall–Kier alpha value is -1.88. The second-order valence-electron chi connectivity index (χ2n) is 4.39. The van der Waals surface area contributed by atoms with Gasteiger partial charge in [-0.3, -0.25) is 0 Å². The number of alkyl halides is 2. The van der Waals surface area contributed by atoms with Crippen LogP contribution in [0.3, 0.4) is 0 Å². The molecule has 5 heteroatoms. The lowest BCUT2D eigenvalue weighted by Gasteiger charge is -2.18. The van der Waals surface area contributed by atoms with Crippen molar-refractivity contribution in [2.75, 3.05) is 6.54 Å². The summed E-state index contributed by atoms with van der Waals surface area (Å²) < 4.78 is 33.7. The van der Waals surface area contributed by atoms with Crippen molar-refractivity contribution >= 4 is 0 Å². The maximum atomic E-state index is 12.1. The van der Waals surface area contributed by atoms with Gasteiger partial charge in [-0.15, -0.1) is 0 Å². The van der Waals surface area contributed by atoms with Gasteiger partial charge in [0.15, 0.2) is 0 Å². The van der Waals surface area contributed by atoms with Gasteiger partial charge in [-0.05, 0) is 36.7 Å². The van der Waals surface area contributed by atoms with Gasteiger partial charge < -0.3 is 14.5 Å². The van der Waals surface area contributed by atoms with E-state index in [0.29, 0.717) is 0 Å². The van der Waals surface area contributed by atoms with Gasteiger partial charge in [0.2, 0.25) is 0 Å². The molecule has 1 heterocycles. The van der Waals surface area contributed by atoms with Crippen LogP contribution in [0, 0.1) is 0 Å². The molecule has 0 amide bonds. The SMILES string of the molecule is CCCNC(c1ccc(OC(F)F)cc1)c1ccoc1. The second kappa shape index (κ2) is 7.05. The molecule has 108 valence electrons. The Kier molecular flexibility index (Phi) is 5.12. The van der Waals surface area contributed by atoms with Gasteiger partial charge in [0, 0.05) is 5.56 Å². The minimum absolute atomic E-state index is 0.0192. The van der Waals surface area contributed by atoms with Crippen LogP contribution >= 0.6 is 0 Å². The molecule has 1 aromatic carbocycles. The normalized spacial score (nSPS) is 12.6. The lowest BCUT2D eigenvalue weighted by molar-refractivity contribution is -0.0498. The molecule has 0 aliphatic carbocycles. The van der Waals surface area contributed by atoms with Crippen molar-refractivity contribution in [3.8, 4) is 5.75 Å². The van der Waals surface area contributed by atoms with Gasteiger partial charge >= 0.3 is 6.61 Å². The molecule has 1 N–H and O–H groups in total. The number of rotatable bonds is 7. The summed E-state index contributed by atoms with van der Waals surface area (Å²) in [7, 11) is 0. The topological polar surface area (TPSA) is 34.4 Å². The van der Waals surface area contributed by atoms with Crippen LogP contribution in [0.4, 0.5) is 8.78 Å². The molecular formula is C15H17F2NO2. The van der Waals surface area contributed by atoms with Crippen molar-refractivity contribution in [2.24, 2.45) is 0 Å². The summed E-state index contributed by atoms with van der Waals surface area (Å²) >= 11 is 0. The molecule has 0 aliphatic rings. The number of ether oxygens (including phenoxy) is 1. The lowest BCUT2D eigenvalue weighted by atomic mass is 10.0. The zero-order chi connectivity index (χ0) is 14.4. The summed E-state index contributed by atoms with van der Waals surface area (Å²) in [4.78, 5) is 0. The Balaban J connectivity index is 2.16. The molecule has 3 nitrogen and oxygen atoms in total. The summed E-state index contributed by atoms with van der Waals surface area (Å²) in [5.41, 5.74) is 1.97. The van der Waals surface area contributed by atoms with Crippen LogP contribution in [0.2, 0.25) is 0 Å². The van der Waals surface area contributed by atoms with Crippen molar-refractivity contribution in [2.45, 2.75) is 26.0 Å². The van der Waals surface area contributed by atoms with E-state index in [0.717, 1.165) is 24.1 Å².